The quantitative estimate of drug-likeness (QED) is 0.874. The van der Waals surface area contributed by atoms with Crippen molar-refractivity contribution in [2.24, 2.45) is 0 Å². The molecule has 0 aliphatic heterocycles. The Morgan fingerprint density at radius 1 is 1.15 bits per heavy atom. The maximum Gasteiger partial charge on any atom is 0.419 e. The number of para-hydroxylation sites is 1. The van der Waals surface area contributed by atoms with E-state index in [1.54, 1.807) is 10.8 Å². The lowest BCUT2D eigenvalue weighted by molar-refractivity contribution is -0.138. The number of nitrogens with zero attached hydrogens (tertiary/aromatic N) is 1. The molecule has 6 nitrogen and oxygen atoms in total. The molecule has 0 spiro atoms. The number of hydrogen-bond acceptors (Lipinski definition) is 5. The van der Waals surface area contributed by atoms with Gasteiger partial charge in [-0.3, -0.25) is 4.79 Å². The first-order valence-electron chi connectivity index (χ1n) is 6.91. The average Bonchev–Trinajstić information content (AvgIpc) is 2.53. The number of amides is 1. The van der Waals surface area contributed by atoms with Crippen LogP contribution in [0.25, 0.3) is 0 Å². The number of nitriles is 1. The van der Waals surface area contributed by atoms with Gasteiger partial charge in [0.05, 0.1) is 17.4 Å². The molecule has 0 heterocycles. The molecule has 0 fully saturated rings. The van der Waals surface area contributed by atoms with Gasteiger partial charge in [-0.1, -0.05) is 12.1 Å². The summed E-state index contributed by atoms with van der Waals surface area (Å²) in [5.74, 6) is -1.70. The summed E-state index contributed by atoms with van der Waals surface area (Å²) in [5.41, 5.74) is -1.42. The largest absolute Gasteiger partial charge is 0.455 e. The van der Waals surface area contributed by atoms with E-state index < -0.39 is 33.4 Å². The molecule has 136 valence electrons. The lowest BCUT2D eigenvalue weighted by atomic mass is 10.1. The standard InChI is InChI=1S/C16H11F3N2O4S/c1-26(23,24)21-15(22)10-6-7-13(11(8-10)9-20)25-14-5-3-2-4-12(14)16(17,18)19/h2-8H,1H3,(H,21,22). The van der Waals surface area contributed by atoms with Crippen LogP contribution in [0.1, 0.15) is 21.5 Å². The van der Waals surface area contributed by atoms with Crippen LogP contribution >= 0.6 is 0 Å². The van der Waals surface area contributed by atoms with Gasteiger partial charge < -0.3 is 4.74 Å². The highest BCUT2D eigenvalue weighted by Gasteiger charge is 2.34. The van der Waals surface area contributed by atoms with Gasteiger partial charge in [-0.25, -0.2) is 13.1 Å². The number of hydrogen-bond donors (Lipinski definition) is 1. The van der Waals surface area contributed by atoms with Crippen molar-refractivity contribution < 1.29 is 31.1 Å². The molecule has 0 bridgehead atoms. The van der Waals surface area contributed by atoms with E-state index >= 15 is 0 Å². The highest BCUT2D eigenvalue weighted by Crippen LogP contribution is 2.38. The SMILES string of the molecule is CS(=O)(=O)NC(=O)c1ccc(Oc2ccccc2C(F)(F)F)c(C#N)c1. The third-order valence-corrected chi connectivity index (χ3v) is 3.61. The van der Waals surface area contributed by atoms with Crippen molar-refractivity contribution in [1.29, 1.82) is 5.26 Å². The Morgan fingerprint density at radius 3 is 2.38 bits per heavy atom. The molecule has 0 saturated carbocycles. The molecule has 0 saturated heterocycles. The van der Waals surface area contributed by atoms with Crippen LogP contribution in [0.15, 0.2) is 42.5 Å². The van der Waals surface area contributed by atoms with E-state index in [0.717, 1.165) is 36.6 Å². The monoisotopic (exact) mass is 384 g/mol. The number of alkyl halides is 3. The Hall–Kier alpha value is -3.06. The highest BCUT2D eigenvalue weighted by molar-refractivity contribution is 7.89. The minimum absolute atomic E-state index is 0.163. The average molecular weight is 384 g/mol. The number of benzene rings is 2. The minimum atomic E-state index is -4.65. The summed E-state index contributed by atoms with van der Waals surface area (Å²) in [6.07, 6.45) is -3.87. The van der Waals surface area contributed by atoms with E-state index in [0.29, 0.717) is 0 Å². The Bertz CT molecular complexity index is 995. The summed E-state index contributed by atoms with van der Waals surface area (Å²) >= 11 is 0. The molecule has 0 unspecified atom stereocenters. The second-order valence-corrected chi connectivity index (χ2v) is 6.87. The zero-order valence-corrected chi connectivity index (χ0v) is 14.0. The van der Waals surface area contributed by atoms with Crippen molar-refractivity contribution in [3.8, 4) is 17.6 Å². The zero-order chi connectivity index (χ0) is 19.5. The summed E-state index contributed by atoms with van der Waals surface area (Å²) in [7, 11) is -3.81. The molecule has 1 N–H and O–H groups in total. The van der Waals surface area contributed by atoms with Crippen molar-refractivity contribution in [3.05, 3.63) is 59.2 Å². The first kappa shape index (κ1) is 19.3. The Kier molecular flexibility index (Phi) is 5.22. The van der Waals surface area contributed by atoms with Crippen LogP contribution in [0, 0.1) is 11.3 Å². The first-order valence-corrected chi connectivity index (χ1v) is 8.81. The minimum Gasteiger partial charge on any atom is -0.455 e. The van der Waals surface area contributed by atoms with Crippen molar-refractivity contribution in [3.63, 3.8) is 0 Å². The molecule has 26 heavy (non-hydrogen) atoms. The number of rotatable bonds is 4. The van der Waals surface area contributed by atoms with E-state index in [2.05, 4.69) is 0 Å². The lowest BCUT2D eigenvalue weighted by Crippen LogP contribution is -2.29. The van der Waals surface area contributed by atoms with Gasteiger partial charge in [0.1, 0.15) is 17.6 Å². The molecule has 0 radical (unpaired) electrons. The van der Waals surface area contributed by atoms with Crippen LogP contribution in [-0.4, -0.2) is 20.6 Å². The molecule has 0 aliphatic carbocycles. The second-order valence-electron chi connectivity index (χ2n) is 5.12. The maximum absolute atomic E-state index is 13.0. The molecule has 2 aromatic rings. The fourth-order valence-electron chi connectivity index (χ4n) is 1.98. The van der Waals surface area contributed by atoms with Crippen LogP contribution in [-0.2, 0) is 16.2 Å². The Labute approximate surface area is 146 Å². The van der Waals surface area contributed by atoms with Crippen molar-refractivity contribution in [2.75, 3.05) is 6.26 Å². The molecular formula is C16H11F3N2O4S. The van der Waals surface area contributed by atoms with Gasteiger partial charge >= 0.3 is 6.18 Å². The Morgan fingerprint density at radius 2 is 1.81 bits per heavy atom. The molecule has 0 aliphatic rings. The second kappa shape index (κ2) is 7.05. The van der Waals surface area contributed by atoms with Gasteiger partial charge in [0.2, 0.25) is 10.0 Å². The van der Waals surface area contributed by atoms with Crippen LogP contribution in [0.3, 0.4) is 0 Å². The van der Waals surface area contributed by atoms with Crippen molar-refractivity contribution in [1.82, 2.24) is 4.72 Å². The summed E-state index contributed by atoms with van der Waals surface area (Å²) < 4.78 is 68.1. The van der Waals surface area contributed by atoms with Gasteiger partial charge in [-0.05, 0) is 30.3 Å². The number of carbonyl (C=O) groups excluding carboxylic acids is 1. The van der Waals surface area contributed by atoms with E-state index in [-0.39, 0.29) is 16.9 Å². The van der Waals surface area contributed by atoms with Gasteiger partial charge in [-0.15, -0.1) is 0 Å². The van der Waals surface area contributed by atoms with Gasteiger partial charge in [0, 0.05) is 5.56 Å². The van der Waals surface area contributed by atoms with Crippen LogP contribution in [0.2, 0.25) is 0 Å². The van der Waals surface area contributed by atoms with Crippen LogP contribution in [0.5, 0.6) is 11.5 Å². The fourth-order valence-corrected chi connectivity index (χ4v) is 2.44. The third kappa shape index (κ3) is 4.73. The topological polar surface area (TPSA) is 96.3 Å². The van der Waals surface area contributed by atoms with Gasteiger partial charge in [0.25, 0.3) is 5.91 Å². The predicted octanol–water partition coefficient (Wildman–Crippen LogP) is 3.06. The van der Waals surface area contributed by atoms with E-state index in [4.69, 9.17) is 10.00 Å². The van der Waals surface area contributed by atoms with E-state index in [9.17, 15) is 26.4 Å². The van der Waals surface area contributed by atoms with Crippen molar-refractivity contribution >= 4 is 15.9 Å². The van der Waals surface area contributed by atoms with Gasteiger partial charge in [0.15, 0.2) is 0 Å². The van der Waals surface area contributed by atoms with Gasteiger partial charge in [-0.2, -0.15) is 18.4 Å². The molecule has 0 aromatic heterocycles. The van der Waals surface area contributed by atoms with Crippen molar-refractivity contribution in [2.45, 2.75) is 6.18 Å². The normalized spacial score (nSPS) is 11.5. The predicted molar refractivity (Wildman–Crippen MR) is 85.0 cm³/mol. The molecular weight excluding hydrogens is 373 g/mol. The molecule has 1 amide bonds. The van der Waals surface area contributed by atoms with E-state index in [1.807, 2.05) is 0 Å². The smallest absolute Gasteiger partial charge is 0.419 e. The lowest BCUT2D eigenvalue weighted by Gasteiger charge is -2.14. The fraction of sp³-hybridized carbons (Fsp3) is 0.125. The highest BCUT2D eigenvalue weighted by atomic mass is 32.2. The summed E-state index contributed by atoms with van der Waals surface area (Å²) in [6.45, 7) is 0. The van der Waals surface area contributed by atoms with Crippen LogP contribution < -0.4 is 9.46 Å². The number of ether oxygens (including phenoxy) is 1. The number of halogens is 3. The molecule has 0 atom stereocenters. The maximum atomic E-state index is 13.0. The molecule has 2 rings (SSSR count). The number of carbonyl (C=O) groups is 1. The zero-order valence-electron chi connectivity index (χ0n) is 13.2. The van der Waals surface area contributed by atoms with E-state index in [1.165, 1.54) is 12.1 Å². The summed E-state index contributed by atoms with van der Waals surface area (Å²) in [5, 5.41) is 9.16. The first-order chi connectivity index (χ1) is 12.0. The Balaban J connectivity index is 2.39. The van der Waals surface area contributed by atoms with Crippen LogP contribution in [0.4, 0.5) is 13.2 Å². The third-order valence-electron chi connectivity index (χ3n) is 3.05. The summed E-state index contributed by atoms with van der Waals surface area (Å²) in [6, 6.07) is 9.41. The molecule has 2 aromatic carbocycles. The number of sulfonamides is 1. The summed E-state index contributed by atoms with van der Waals surface area (Å²) in [4.78, 5) is 11.8. The number of nitrogens with one attached hydrogen (secondary N) is 1. The molecule has 10 heteroatoms.